The van der Waals surface area contributed by atoms with Crippen molar-refractivity contribution in [2.75, 3.05) is 0 Å². The number of carbonyl (C=O) groups is 1. The van der Waals surface area contributed by atoms with Gasteiger partial charge in [0.1, 0.15) is 0 Å². The van der Waals surface area contributed by atoms with Crippen molar-refractivity contribution in [3.8, 4) is 0 Å². The monoisotopic (exact) mass is 208 g/mol. The summed E-state index contributed by atoms with van der Waals surface area (Å²) in [6.07, 6.45) is -2.43. The molecule has 2 unspecified atom stereocenters. The van der Waals surface area contributed by atoms with Gasteiger partial charge in [-0.05, 0) is 17.4 Å². The van der Waals surface area contributed by atoms with E-state index in [1.165, 1.54) is 0 Å². The highest BCUT2D eigenvalue weighted by atomic mass is 19.3. The molecular formula is C9H11F3O2. The van der Waals surface area contributed by atoms with E-state index in [-0.39, 0.29) is 0 Å². The predicted molar refractivity (Wildman–Crippen MR) is 43.6 cm³/mol. The minimum atomic E-state index is -3.15. The van der Waals surface area contributed by atoms with E-state index in [0.29, 0.717) is 0 Å². The van der Waals surface area contributed by atoms with Crippen LogP contribution < -0.4 is 0 Å². The van der Waals surface area contributed by atoms with E-state index in [9.17, 15) is 18.0 Å². The first-order valence-corrected chi connectivity index (χ1v) is 4.16. The molecule has 1 rings (SSSR count). The summed E-state index contributed by atoms with van der Waals surface area (Å²) < 4.78 is 36.1. The van der Waals surface area contributed by atoms with Crippen LogP contribution in [0.2, 0.25) is 0 Å². The molecular weight excluding hydrogens is 197 g/mol. The van der Waals surface area contributed by atoms with E-state index < -0.39 is 35.5 Å². The fourth-order valence-electron chi connectivity index (χ4n) is 1.70. The molecule has 1 N–H and O–H groups in total. The van der Waals surface area contributed by atoms with Crippen molar-refractivity contribution in [2.45, 2.75) is 20.3 Å². The average molecular weight is 208 g/mol. The van der Waals surface area contributed by atoms with Crippen molar-refractivity contribution in [1.82, 2.24) is 0 Å². The second-order valence-electron chi connectivity index (χ2n) is 4.02. The molecule has 2 nitrogen and oxygen atoms in total. The molecule has 1 fully saturated rings. The van der Waals surface area contributed by atoms with Gasteiger partial charge in [0.15, 0.2) is 5.83 Å². The number of allylic oxidation sites excluding steroid dienone is 2. The number of carboxylic acid groups (broad SMARTS) is 1. The second-order valence-corrected chi connectivity index (χ2v) is 4.02. The van der Waals surface area contributed by atoms with Gasteiger partial charge in [-0.25, -0.2) is 13.2 Å². The quantitative estimate of drug-likeness (QED) is 0.773. The van der Waals surface area contributed by atoms with Crippen LogP contribution in [0.4, 0.5) is 13.2 Å². The first-order valence-electron chi connectivity index (χ1n) is 4.16. The van der Waals surface area contributed by atoms with Crippen LogP contribution in [0.1, 0.15) is 13.8 Å². The van der Waals surface area contributed by atoms with Gasteiger partial charge in [0.05, 0.1) is 5.92 Å². The van der Waals surface area contributed by atoms with Crippen LogP contribution in [0.5, 0.6) is 0 Å². The van der Waals surface area contributed by atoms with Crippen LogP contribution >= 0.6 is 0 Å². The highest BCUT2D eigenvalue weighted by molar-refractivity contribution is 5.76. The third-order valence-corrected chi connectivity index (χ3v) is 2.72. The number of alkyl halides is 2. The van der Waals surface area contributed by atoms with Crippen LogP contribution in [-0.4, -0.2) is 17.5 Å². The van der Waals surface area contributed by atoms with Gasteiger partial charge in [0.2, 0.25) is 0 Å². The molecule has 0 bridgehead atoms. The van der Waals surface area contributed by atoms with Crippen LogP contribution in [0.3, 0.4) is 0 Å². The van der Waals surface area contributed by atoms with Crippen molar-refractivity contribution < 1.29 is 23.1 Å². The Hall–Kier alpha value is -1.00. The fourth-order valence-corrected chi connectivity index (χ4v) is 1.70. The van der Waals surface area contributed by atoms with E-state index >= 15 is 0 Å². The van der Waals surface area contributed by atoms with Crippen LogP contribution in [-0.2, 0) is 4.79 Å². The number of carboxylic acids is 1. The highest BCUT2D eigenvalue weighted by Gasteiger charge is 2.61. The lowest BCUT2D eigenvalue weighted by atomic mass is 10.1. The van der Waals surface area contributed by atoms with Gasteiger partial charge >= 0.3 is 5.97 Å². The number of hydrogen-bond acceptors (Lipinski definition) is 1. The molecule has 0 saturated heterocycles. The van der Waals surface area contributed by atoms with Gasteiger partial charge in [0.25, 0.3) is 6.43 Å². The molecule has 14 heavy (non-hydrogen) atoms. The standard InChI is InChI=1S/C9H11F3O2/c1-9(2)4(6(9)8(13)14)3-5(10)7(11)12/h3-4,6-7H,1-2H3,(H,13,14). The summed E-state index contributed by atoms with van der Waals surface area (Å²) in [6, 6.07) is 0. The van der Waals surface area contributed by atoms with Gasteiger partial charge in [-0.3, -0.25) is 4.79 Å². The fraction of sp³-hybridized carbons (Fsp3) is 0.667. The van der Waals surface area contributed by atoms with E-state index in [0.717, 1.165) is 6.08 Å². The summed E-state index contributed by atoms with van der Waals surface area (Å²) in [5, 5.41) is 8.67. The van der Waals surface area contributed by atoms with E-state index in [1.54, 1.807) is 13.8 Å². The molecule has 5 heteroatoms. The molecule has 0 aromatic rings. The molecule has 1 saturated carbocycles. The molecule has 2 atom stereocenters. The van der Waals surface area contributed by atoms with Crippen molar-refractivity contribution in [3.63, 3.8) is 0 Å². The Kier molecular flexibility index (Phi) is 2.61. The lowest BCUT2D eigenvalue weighted by Gasteiger charge is -1.97. The third kappa shape index (κ3) is 1.76. The first kappa shape index (κ1) is 11.1. The van der Waals surface area contributed by atoms with E-state index in [4.69, 9.17) is 5.11 Å². The largest absolute Gasteiger partial charge is 0.481 e. The minimum absolute atomic E-state index is 0.627. The summed E-state index contributed by atoms with van der Waals surface area (Å²) in [5.41, 5.74) is -0.627. The molecule has 0 spiro atoms. The average Bonchev–Trinajstić information content (AvgIpc) is 2.52. The Balaban J connectivity index is 2.75. The summed E-state index contributed by atoms with van der Waals surface area (Å²) in [6.45, 7) is 3.23. The van der Waals surface area contributed by atoms with Crippen molar-refractivity contribution in [2.24, 2.45) is 17.3 Å². The maximum atomic E-state index is 12.5. The molecule has 0 aromatic carbocycles. The molecule has 1 aliphatic carbocycles. The third-order valence-electron chi connectivity index (χ3n) is 2.72. The zero-order valence-corrected chi connectivity index (χ0v) is 7.80. The number of aliphatic carboxylic acids is 1. The Morgan fingerprint density at radius 2 is 2.00 bits per heavy atom. The highest BCUT2D eigenvalue weighted by Crippen LogP contribution is 2.59. The normalized spacial score (nSPS) is 30.6. The Morgan fingerprint density at radius 1 is 1.50 bits per heavy atom. The van der Waals surface area contributed by atoms with Gasteiger partial charge in [0, 0.05) is 0 Å². The molecule has 1 aliphatic rings. The Bertz CT molecular complexity index is 284. The van der Waals surface area contributed by atoms with Gasteiger partial charge < -0.3 is 5.11 Å². The summed E-state index contributed by atoms with van der Waals surface area (Å²) in [5.74, 6) is -3.99. The molecule has 0 aliphatic heterocycles. The number of hydrogen-bond donors (Lipinski definition) is 1. The smallest absolute Gasteiger partial charge is 0.307 e. The van der Waals surface area contributed by atoms with Gasteiger partial charge in [-0.15, -0.1) is 0 Å². The first-order chi connectivity index (χ1) is 6.28. The number of halogens is 3. The van der Waals surface area contributed by atoms with E-state index in [1.807, 2.05) is 0 Å². The topological polar surface area (TPSA) is 37.3 Å². The Labute approximate surface area is 79.4 Å². The molecule has 0 radical (unpaired) electrons. The van der Waals surface area contributed by atoms with Gasteiger partial charge in [-0.1, -0.05) is 13.8 Å². The zero-order chi connectivity index (χ0) is 11.1. The van der Waals surface area contributed by atoms with E-state index in [2.05, 4.69) is 0 Å². The Morgan fingerprint density at radius 3 is 2.29 bits per heavy atom. The van der Waals surface area contributed by atoms with Crippen LogP contribution in [0.15, 0.2) is 11.9 Å². The van der Waals surface area contributed by atoms with Crippen LogP contribution in [0, 0.1) is 17.3 Å². The second kappa shape index (κ2) is 3.29. The lowest BCUT2D eigenvalue weighted by molar-refractivity contribution is -0.139. The summed E-state index contributed by atoms with van der Waals surface area (Å²) in [4.78, 5) is 10.6. The lowest BCUT2D eigenvalue weighted by Crippen LogP contribution is -2.03. The zero-order valence-electron chi connectivity index (χ0n) is 7.80. The SMILES string of the molecule is CC1(C)C(C=C(F)C(F)F)C1C(=O)O. The molecule has 80 valence electrons. The maximum absolute atomic E-state index is 12.5. The molecule has 0 amide bonds. The summed E-state index contributed by atoms with van der Waals surface area (Å²) in [7, 11) is 0. The molecule has 0 aromatic heterocycles. The predicted octanol–water partition coefficient (Wildman–Crippen LogP) is 2.46. The number of rotatable bonds is 3. The van der Waals surface area contributed by atoms with Crippen LogP contribution in [0.25, 0.3) is 0 Å². The summed E-state index contributed by atoms with van der Waals surface area (Å²) >= 11 is 0. The minimum Gasteiger partial charge on any atom is -0.481 e. The van der Waals surface area contributed by atoms with Gasteiger partial charge in [-0.2, -0.15) is 0 Å². The van der Waals surface area contributed by atoms with Crippen molar-refractivity contribution in [1.29, 1.82) is 0 Å². The maximum Gasteiger partial charge on any atom is 0.307 e. The van der Waals surface area contributed by atoms with Crippen molar-refractivity contribution in [3.05, 3.63) is 11.9 Å². The molecule has 0 heterocycles. The van der Waals surface area contributed by atoms with Crippen molar-refractivity contribution >= 4 is 5.97 Å².